The van der Waals surface area contributed by atoms with Gasteiger partial charge in [0.1, 0.15) is 5.76 Å². The number of nitrogens with zero attached hydrogens (tertiary/aromatic N) is 1. The Morgan fingerprint density at radius 1 is 1.48 bits per heavy atom. The van der Waals surface area contributed by atoms with Crippen LogP contribution in [0.5, 0.6) is 0 Å². The normalized spacial score (nSPS) is 20.3. The minimum absolute atomic E-state index is 0.394. The standard InChI is InChI=1S/C17H30N2O2/c1-4-20-16-6-5-7-19(11-16)12-17-8-15(13-21-17)10-18-9-14(2)3/h8,13-14,16,18H,4-7,9-12H2,1-3H3. The third-order valence-electron chi connectivity index (χ3n) is 3.83. The van der Waals surface area contributed by atoms with Crippen LogP contribution < -0.4 is 5.32 Å². The fraction of sp³-hybridized carbons (Fsp3) is 0.765. The van der Waals surface area contributed by atoms with E-state index in [0.717, 1.165) is 45.1 Å². The van der Waals surface area contributed by atoms with Crippen molar-refractivity contribution in [3.8, 4) is 0 Å². The van der Waals surface area contributed by atoms with Crippen LogP contribution in [0.1, 0.15) is 44.9 Å². The minimum Gasteiger partial charge on any atom is -0.468 e. The first kappa shape index (κ1) is 16.5. The molecule has 2 rings (SSSR count). The zero-order valence-electron chi connectivity index (χ0n) is 13.7. The highest BCUT2D eigenvalue weighted by Crippen LogP contribution is 2.17. The van der Waals surface area contributed by atoms with E-state index < -0.39 is 0 Å². The Labute approximate surface area is 128 Å². The zero-order chi connectivity index (χ0) is 15.1. The molecule has 1 aromatic rings. The highest BCUT2D eigenvalue weighted by molar-refractivity contribution is 5.12. The molecule has 1 atom stereocenters. The third-order valence-corrected chi connectivity index (χ3v) is 3.83. The van der Waals surface area contributed by atoms with Crippen LogP contribution in [0, 0.1) is 5.92 Å². The van der Waals surface area contributed by atoms with Crippen LogP contribution in [0.2, 0.25) is 0 Å². The van der Waals surface area contributed by atoms with Gasteiger partial charge in [0.15, 0.2) is 0 Å². The van der Waals surface area contributed by atoms with Crippen molar-refractivity contribution in [2.24, 2.45) is 5.92 Å². The molecule has 1 aliphatic heterocycles. The van der Waals surface area contributed by atoms with Gasteiger partial charge in [-0.1, -0.05) is 13.8 Å². The molecule has 1 aliphatic rings. The van der Waals surface area contributed by atoms with Crippen molar-refractivity contribution in [2.75, 3.05) is 26.2 Å². The molecular weight excluding hydrogens is 264 g/mol. The van der Waals surface area contributed by atoms with Gasteiger partial charge in [-0.15, -0.1) is 0 Å². The Morgan fingerprint density at radius 2 is 2.33 bits per heavy atom. The van der Waals surface area contributed by atoms with Crippen molar-refractivity contribution in [1.29, 1.82) is 0 Å². The van der Waals surface area contributed by atoms with E-state index in [1.807, 2.05) is 6.26 Å². The number of nitrogens with one attached hydrogen (secondary N) is 1. The molecule has 0 amide bonds. The SMILES string of the molecule is CCOC1CCCN(Cc2cc(CNCC(C)C)co2)C1. The molecule has 0 aromatic carbocycles. The maximum Gasteiger partial charge on any atom is 0.118 e. The molecule has 4 nitrogen and oxygen atoms in total. The van der Waals surface area contributed by atoms with Gasteiger partial charge in [0.2, 0.25) is 0 Å². The second-order valence-electron chi connectivity index (χ2n) is 6.40. The van der Waals surface area contributed by atoms with E-state index in [2.05, 4.69) is 37.1 Å². The van der Waals surface area contributed by atoms with E-state index in [1.54, 1.807) is 0 Å². The summed E-state index contributed by atoms with van der Waals surface area (Å²) < 4.78 is 11.4. The average Bonchev–Trinajstić information content (AvgIpc) is 2.87. The summed E-state index contributed by atoms with van der Waals surface area (Å²) in [6.07, 6.45) is 4.68. The lowest BCUT2D eigenvalue weighted by Gasteiger charge is -2.31. The van der Waals surface area contributed by atoms with Crippen LogP contribution in [-0.2, 0) is 17.8 Å². The summed E-state index contributed by atoms with van der Waals surface area (Å²) in [5, 5.41) is 3.45. The molecule has 1 aromatic heterocycles. The van der Waals surface area contributed by atoms with Gasteiger partial charge in [0, 0.05) is 25.3 Å². The summed E-state index contributed by atoms with van der Waals surface area (Å²) in [4.78, 5) is 2.44. The number of piperidine rings is 1. The van der Waals surface area contributed by atoms with Crippen LogP contribution in [0.4, 0.5) is 0 Å². The summed E-state index contributed by atoms with van der Waals surface area (Å²) in [6.45, 7) is 12.3. The van der Waals surface area contributed by atoms with Gasteiger partial charge in [-0.2, -0.15) is 0 Å². The molecule has 1 unspecified atom stereocenters. The van der Waals surface area contributed by atoms with E-state index in [4.69, 9.17) is 9.15 Å². The number of hydrogen-bond acceptors (Lipinski definition) is 4. The largest absolute Gasteiger partial charge is 0.468 e. The van der Waals surface area contributed by atoms with E-state index >= 15 is 0 Å². The topological polar surface area (TPSA) is 37.6 Å². The molecule has 21 heavy (non-hydrogen) atoms. The number of likely N-dealkylation sites (tertiary alicyclic amines) is 1. The first-order chi connectivity index (χ1) is 10.2. The van der Waals surface area contributed by atoms with Crippen LogP contribution in [0.15, 0.2) is 16.7 Å². The van der Waals surface area contributed by atoms with Crippen molar-refractivity contribution in [1.82, 2.24) is 10.2 Å². The molecule has 1 fully saturated rings. The summed E-state index contributed by atoms with van der Waals surface area (Å²) in [5.41, 5.74) is 1.24. The van der Waals surface area contributed by atoms with E-state index in [9.17, 15) is 0 Å². The molecule has 2 heterocycles. The van der Waals surface area contributed by atoms with Crippen molar-refractivity contribution in [3.05, 3.63) is 23.7 Å². The molecule has 1 saturated heterocycles. The Hall–Kier alpha value is -0.840. The highest BCUT2D eigenvalue weighted by Gasteiger charge is 2.20. The third kappa shape index (κ3) is 5.81. The van der Waals surface area contributed by atoms with Crippen LogP contribution in [0.3, 0.4) is 0 Å². The Kier molecular flexibility index (Phi) is 6.74. The number of rotatable bonds is 8. The number of ether oxygens (including phenoxy) is 1. The molecule has 0 saturated carbocycles. The molecule has 1 N–H and O–H groups in total. The minimum atomic E-state index is 0.394. The lowest BCUT2D eigenvalue weighted by molar-refractivity contribution is 0.00201. The predicted octanol–water partition coefficient (Wildman–Crippen LogP) is 3.03. The Balaban J connectivity index is 1.76. The Bertz CT molecular complexity index is 401. The zero-order valence-corrected chi connectivity index (χ0v) is 13.7. The second-order valence-corrected chi connectivity index (χ2v) is 6.40. The molecule has 4 heteroatoms. The average molecular weight is 294 g/mol. The quantitative estimate of drug-likeness (QED) is 0.800. The lowest BCUT2D eigenvalue weighted by atomic mass is 10.1. The summed E-state index contributed by atoms with van der Waals surface area (Å²) >= 11 is 0. The maximum absolute atomic E-state index is 5.75. The molecule has 0 spiro atoms. The van der Waals surface area contributed by atoms with Crippen LogP contribution in [-0.4, -0.2) is 37.2 Å². The van der Waals surface area contributed by atoms with Crippen molar-refractivity contribution < 1.29 is 9.15 Å². The van der Waals surface area contributed by atoms with Crippen molar-refractivity contribution in [2.45, 2.75) is 52.8 Å². The van der Waals surface area contributed by atoms with Crippen LogP contribution >= 0.6 is 0 Å². The maximum atomic E-state index is 5.75. The first-order valence-electron chi connectivity index (χ1n) is 8.28. The summed E-state index contributed by atoms with van der Waals surface area (Å²) in [7, 11) is 0. The van der Waals surface area contributed by atoms with Crippen molar-refractivity contribution in [3.63, 3.8) is 0 Å². The first-order valence-corrected chi connectivity index (χ1v) is 8.28. The summed E-state index contributed by atoms with van der Waals surface area (Å²) in [5.74, 6) is 1.74. The molecular formula is C17H30N2O2. The van der Waals surface area contributed by atoms with Gasteiger partial charge >= 0.3 is 0 Å². The van der Waals surface area contributed by atoms with Gasteiger partial charge in [0.25, 0.3) is 0 Å². The monoisotopic (exact) mass is 294 g/mol. The van der Waals surface area contributed by atoms with Gasteiger partial charge in [-0.3, -0.25) is 4.90 Å². The van der Waals surface area contributed by atoms with E-state index in [-0.39, 0.29) is 0 Å². The molecule has 0 radical (unpaired) electrons. The highest BCUT2D eigenvalue weighted by atomic mass is 16.5. The van der Waals surface area contributed by atoms with Gasteiger partial charge in [0.05, 0.1) is 18.9 Å². The number of furan rings is 1. The Morgan fingerprint density at radius 3 is 3.10 bits per heavy atom. The molecule has 0 aliphatic carbocycles. The predicted molar refractivity (Wildman–Crippen MR) is 85.2 cm³/mol. The fourth-order valence-corrected chi connectivity index (χ4v) is 2.86. The smallest absolute Gasteiger partial charge is 0.118 e. The van der Waals surface area contributed by atoms with Gasteiger partial charge < -0.3 is 14.5 Å². The van der Waals surface area contributed by atoms with E-state index in [1.165, 1.54) is 18.4 Å². The fourth-order valence-electron chi connectivity index (χ4n) is 2.86. The molecule has 120 valence electrons. The van der Waals surface area contributed by atoms with Gasteiger partial charge in [-0.05, 0) is 44.8 Å². The van der Waals surface area contributed by atoms with E-state index in [0.29, 0.717) is 12.0 Å². The second kappa shape index (κ2) is 8.57. The van der Waals surface area contributed by atoms with Crippen LogP contribution in [0.25, 0.3) is 0 Å². The molecule has 0 bridgehead atoms. The number of hydrogen-bond donors (Lipinski definition) is 1. The van der Waals surface area contributed by atoms with Gasteiger partial charge in [-0.25, -0.2) is 0 Å². The summed E-state index contributed by atoms with van der Waals surface area (Å²) in [6, 6.07) is 2.18. The van der Waals surface area contributed by atoms with Crippen molar-refractivity contribution >= 4 is 0 Å². The lowest BCUT2D eigenvalue weighted by Crippen LogP contribution is -2.39.